The van der Waals surface area contributed by atoms with Gasteiger partial charge in [-0.25, -0.2) is 0 Å². The van der Waals surface area contributed by atoms with Crippen LogP contribution in [0.5, 0.6) is 0 Å². The Bertz CT molecular complexity index is 409. The third kappa shape index (κ3) is 3.26. The monoisotopic (exact) mass is 273 g/mol. The normalized spacial score (nSPS) is 24.6. The van der Waals surface area contributed by atoms with Crippen LogP contribution in [0.4, 0.5) is 11.4 Å². The van der Waals surface area contributed by atoms with Gasteiger partial charge in [-0.3, -0.25) is 0 Å². The SMILES string of the molecule is CC1CN(c2ccc(N3CCCCC3)cc2)CCCN1. The zero-order valence-electron chi connectivity index (χ0n) is 12.6. The molecular formula is C17H27N3. The highest BCUT2D eigenvalue weighted by molar-refractivity contribution is 5.56. The van der Waals surface area contributed by atoms with Crippen LogP contribution >= 0.6 is 0 Å². The smallest absolute Gasteiger partial charge is 0.0368 e. The Morgan fingerprint density at radius 2 is 1.45 bits per heavy atom. The highest BCUT2D eigenvalue weighted by Gasteiger charge is 2.15. The van der Waals surface area contributed by atoms with Crippen LogP contribution in [-0.2, 0) is 0 Å². The molecule has 3 nitrogen and oxygen atoms in total. The van der Waals surface area contributed by atoms with E-state index in [0.29, 0.717) is 6.04 Å². The van der Waals surface area contributed by atoms with Crippen LogP contribution in [0, 0.1) is 0 Å². The van der Waals surface area contributed by atoms with Crippen LogP contribution in [0.2, 0.25) is 0 Å². The molecule has 1 N–H and O–H groups in total. The third-order valence-electron chi connectivity index (χ3n) is 4.53. The molecule has 2 heterocycles. The van der Waals surface area contributed by atoms with Gasteiger partial charge in [0.15, 0.2) is 0 Å². The molecule has 1 aromatic rings. The summed E-state index contributed by atoms with van der Waals surface area (Å²) >= 11 is 0. The maximum Gasteiger partial charge on any atom is 0.0368 e. The fourth-order valence-electron chi connectivity index (χ4n) is 3.37. The molecule has 3 rings (SSSR count). The number of piperidine rings is 1. The molecule has 0 radical (unpaired) electrons. The first-order valence-electron chi connectivity index (χ1n) is 8.16. The van der Waals surface area contributed by atoms with Gasteiger partial charge in [-0.15, -0.1) is 0 Å². The summed E-state index contributed by atoms with van der Waals surface area (Å²) in [5, 5.41) is 3.56. The van der Waals surface area contributed by atoms with Crippen LogP contribution in [0.3, 0.4) is 0 Å². The van der Waals surface area contributed by atoms with Crippen molar-refractivity contribution in [3.63, 3.8) is 0 Å². The topological polar surface area (TPSA) is 18.5 Å². The largest absolute Gasteiger partial charge is 0.372 e. The summed E-state index contributed by atoms with van der Waals surface area (Å²) in [5.74, 6) is 0. The second-order valence-electron chi connectivity index (χ2n) is 6.22. The van der Waals surface area contributed by atoms with Crippen LogP contribution in [0.1, 0.15) is 32.6 Å². The molecule has 1 unspecified atom stereocenters. The first-order chi connectivity index (χ1) is 9.83. The van der Waals surface area contributed by atoms with Crippen molar-refractivity contribution in [1.82, 2.24) is 5.32 Å². The lowest BCUT2D eigenvalue weighted by atomic mass is 10.1. The summed E-state index contributed by atoms with van der Waals surface area (Å²) in [6.07, 6.45) is 5.32. The van der Waals surface area contributed by atoms with Crippen molar-refractivity contribution in [3.05, 3.63) is 24.3 Å². The van der Waals surface area contributed by atoms with Gasteiger partial charge in [-0.05, 0) is 63.4 Å². The van der Waals surface area contributed by atoms with Gasteiger partial charge in [0, 0.05) is 43.6 Å². The zero-order chi connectivity index (χ0) is 13.8. The summed E-state index contributed by atoms with van der Waals surface area (Å²) < 4.78 is 0. The summed E-state index contributed by atoms with van der Waals surface area (Å²) in [7, 11) is 0. The van der Waals surface area contributed by atoms with Crippen molar-refractivity contribution >= 4 is 11.4 Å². The fraction of sp³-hybridized carbons (Fsp3) is 0.647. The van der Waals surface area contributed by atoms with E-state index in [4.69, 9.17) is 0 Å². The van der Waals surface area contributed by atoms with E-state index in [1.165, 1.54) is 56.7 Å². The van der Waals surface area contributed by atoms with Crippen molar-refractivity contribution in [2.45, 2.75) is 38.6 Å². The standard InChI is InChI=1S/C17H27N3/c1-15-14-20(13-5-10-18-15)17-8-6-16(7-9-17)19-11-3-2-4-12-19/h6-9,15,18H,2-5,10-14H2,1H3. The first-order valence-corrected chi connectivity index (χ1v) is 8.16. The predicted molar refractivity (Wildman–Crippen MR) is 86.8 cm³/mol. The van der Waals surface area contributed by atoms with E-state index < -0.39 is 0 Å². The maximum absolute atomic E-state index is 3.56. The summed E-state index contributed by atoms with van der Waals surface area (Å²) in [6, 6.07) is 9.82. The minimum Gasteiger partial charge on any atom is -0.372 e. The van der Waals surface area contributed by atoms with Crippen molar-refractivity contribution in [2.24, 2.45) is 0 Å². The number of nitrogens with zero attached hydrogens (tertiary/aromatic N) is 2. The molecule has 2 aliphatic heterocycles. The van der Waals surface area contributed by atoms with Gasteiger partial charge in [0.1, 0.15) is 0 Å². The molecule has 0 spiro atoms. The van der Waals surface area contributed by atoms with Crippen LogP contribution < -0.4 is 15.1 Å². The van der Waals surface area contributed by atoms with Gasteiger partial charge in [-0.1, -0.05) is 0 Å². The summed E-state index contributed by atoms with van der Waals surface area (Å²) in [5.41, 5.74) is 2.77. The molecular weight excluding hydrogens is 246 g/mol. The van der Waals surface area contributed by atoms with Crippen molar-refractivity contribution < 1.29 is 0 Å². The van der Waals surface area contributed by atoms with Gasteiger partial charge < -0.3 is 15.1 Å². The van der Waals surface area contributed by atoms with Gasteiger partial charge in [-0.2, -0.15) is 0 Å². The Balaban J connectivity index is 1.68. The molecule has 2 saturated heterocycles. The number of rotatable bonds is 2. The highest BCUT2D eigenvalue weighted by atomic mass is 15.2. The lowest BCUT2D eigenvalue weighted by Gasteiger charge is -2.30. The van der Waals surface area contributed by atoms with Crippen LogP contribution in [0.15, 0.2) is 24.3 Å². The number of hydrogen-bond donors (Lipinski definition) is 1. The van der Waals surface area contributed by atoms with Gasteiger partial charge in [0.25, 0.3) is 0 Å². The Hall–Kier alpha value is -1.22. The fourth-order valence-corrected chi connectivity index (χ4v) is 3.37. The third-order valence-corrected chi connectivity index (χ3v) is 4.53. The van der Waals surface area contributed by atoms with Crippen molar-refractivity contribution in [3.8, 4) is 0 Å². The minimum absolute atomic E-state index is 0.583. The average Bonchev–Trinajstić information content (AvgIpc) is 2.73. The van der Waals surface area contributed by atoms with E-state index in [1.54, 1.807) is 0 Å². The average molecular weight is 273 g/mol. The quantitative estimate of drug-likeness (QED) is 0.894. The molecule has 2 aliphatic rings. The molecule has 0 amide bonds. The Labute approximate surface area is 123 Å². The summed E-state index contributed by atoms with van der Waals surface area (Å²) in [4.78, 5) is 5.05. The van der Waals surface area contributed by atoms with E-state index in [9.17, 15) is 0 Å². The molecule has 20 heavy (non-hydrogen) atoms. The molecule has 1 aromatic carbocycles. The Kier molecular flexibility index (Phi) is 4.46. The number of anilines is 2. The van der Waals surface area contributed by atoms with Crippen molar-refractivity contribution in [2.75, 3.05) is 42.5 Å². The van der Waals surface area contributed by atoms with Crippen LogP contribution in [-0.4, -0.2) is 38.8 Å². The Morgan fingerprint density at radius 1 is 0.850 bits per heavy atom. The number of nitrogens with one attached hydrogen (secondary N) is 1. The van der Waals surface area contributed by atoms with E-state index >= 15 is 0 Å². The second-order valence-corrected chi connectivity index (χ2v) is 6.22. The summed E-state index contributed by atoms with van der Waals surface area (Å²) in [6.45, 7) is 8.15. The molecule has 1 atom stereocenters. The van der Waals surface area contributed by atoms with Crippen molar-refractivity contribution in [1.29, 1.82) is 0 Å². The van der Waals surface area contributed by atoms with Gasteiger partial charge in [0.2, 0.25) is 0 Å². The maximum atomic E-state index is 3.56. The molecule has 0 aromatic heterocycles. The zero-order valence-corrected chi connectivity index (χ0v) is 12.6. The number of hydrogen-bond acceptors (Lipinski definition) is 3. The van der Waals surface area contributed by atoms with E-state index in [-0.39, 0.29) is 0 Å². The van der Waals surface area contributed by atoms with Gasteiger partial charge in [0.05, 0.1) is 0 Å². The molecule has 0 bridgehead atoms. The number of benzene rings is 1. The van der Waals surface area contributed by atoms with E-state index in [2.05, 4.69) is 46.3 Å². The lowest BCUT2D eigenvalue weighted by molar-refractivity contribution is 0.577. The second kappa shape index (κ2) is 6.49. The lowest BCUT2D eigenvalue weighted by Crippen LogP contribution is -2.35. The Morgan fingerprint density at radius 3 is 2.15 bits per heavy atom. The molecule has 110 valence electrons. The molecule has 2 fully saturated rings. The highest BCUT2D eigenvalue weighted by Crippen LogP contribution is 2.24. The molecule has 3 heteroatoms. The minimum atomic E-state index is 0.583. The predicted octanol–water partition coefficient (Wildman–Crippen LogP) is 2.87. The van der Waals surface area contributed by atoms with Crippen LogP contribution in [0.25, 0.3) is 0 Å². The van der Waals surface area contributed by atoms with Gasteiger partial charge >= 0.3 is 0 Å². The molecule has 0 saturated carbocycles. The van der Waals surface area contributed by atoms with E-state index in [0.717, 1.165) is 13.1 Å². The molecule has 0 aliphatic carbocycles. The first kappa shape index (κ1) is 13.7. The van der Waals surface area contributed by atoms with E-state index in [1.807, 2.05) is 0 Å².